The Bertz CT molecular complexity index is 1310. The summed E-state index contributed by atoms with van der Waals surface area (Å²) in [5, 5.41) is 8.35. The highest BCUT2D eigenvalue weighted by Gasteiger charge is 2.20. The quantitative estimate of drug-likeness (QED) is 0.257. The number of rotatable bonds is 9. The molecule has 3 aromatic carbocycles. The van der Waals surface area contributed by atoms with E-state index in [9.17, 15) is 4.79 Å². The van der Waals surface area contributed by atoms with Crippen LogP contribution in [0, 0.1) is 20.8 Å². The molecule has 0 aliphatic rings. The van der Waals surface area contributed by atoms with Crippen LogP contribution in [0.1, 0.15) is 45.3 Å². The number of ether oxygens (including phenoxy) is 1. The summed E-state index contributed by atoms with van der Waals surface area (Å²) >= 11 is 12.6. The number of benzene rings is 3. The van der Waals surface area contributed by atoms with Crippen molar-refractivity contribution in [1.29, 1.82) is 0 Å². The molecule has 0 bridgehead atoms. The van der Waals surface area contributed by atoms with Gasteiger partial charge in [0, 0.05) is 22.0 Å². The Hall–Kier alpha value is -3.28. The van der Waals surface area contributed by atoms with Crippen LogP contribution in [0.15, 0.2) is 71.3 Å². The van der Waals surface area contributed by atoms with Gasteiger partial charge in [0.15, 0.2) is 0 Å². The molecule has 7 heteroatoms. The van der Waals surface area contributed by atoms with E-state index in [1.54, 1.807) is 0 Å². The van der Waals surface area contributed by atoms with Crippen molar-refractivity contribution in [2.24, 2.45) is 0 Å². The SMILES string of the molecule is Cc1ccc(C(NC(=O)Cc2ccc(OCCc3c(C)noc3C)cc2)c2ccc(Cl)cc2)c(Cl)c1. The van der Waals surface area contributed by atoms with Gasteiger partial charge in [0.1, 0.15) is 11.5 Å². The number of carbonyl (C=O) groups excluding carboxylic acids is 1. The molecule has 0 radical (unpaired) electrons. The van der Waals surface area contributed by atoms with Gasteiger partial charge in [-0.2, -0.15) is 0 Å². The fourth-order valence-electron chi connectivity index (χ4n) is 4.09. The number of aryl methyl sites for hydroxylation is 3. The number of hydrogen-bond donors (Lipinski definition) is 1. The van der Waals surface area contributed by atoms with Gasteiger partial charge in [-0.1, -0.05) is 64.8 Å². The Balaban J connectivity index is 1.40. The summed E-state index contributed by atoms with van der Waals surface area (Å²) in [7, 11) is 0. The molecule has 5 nitrogen and oxygen atoms in total. The van der Waals surface area contributed by atoms with Crippen LogP contribution < -0.4 is 10.1 Å². The van der Waals surface area contributed by atoms with Gasteiger partial charge in [0.25, 0.3) is 0 Å². The smallest absolute Gasteiger partial charge is 0.225 e. The first-order chi connectivity index (χ1) is 17.3. The lowest BCUT2D eigenvalue weighted by atomic mass is 9.97. The second-order valence-electron chi connectivity index (χ2n) is 8.80. The van der Waals surface area contributed by atoms with Gasteiger partial charge in [-0.05, 0) is 73.4 Å². The van der Waals surface area contributed by atoms with E-state index in [2.05, 4.69) is 10.5 Å². The second kappa shape index (κ2) is 11.6. The van der Waals surface area contributed by atoms with E-state index in [-0.39, 0.29) is 12.3 Å². The summed E-state index contributed by atoms with van der Waals surface area (Å²) in [6.45, 7) is 6.33. The van der Waals surface area contributed by atoms with Crippen molar-refractivity contribution in [2.75, 3.05) is 6.61 Å². The van der Waals surface area contributed by atoms with Crippen molar-refractivity contribution >= 4 is 29.1 Å². The van der Waals surface area contributed by atoms with E-state index in [0.717, 1.165) is 51.4 Å². The molecule has 0 fully saturated rings. The maximum absolute atomic E-state index is 13.0. The third-order valence-corrected chi connectivity index (χ3v) is 6.64. The van der Waals surface area contributed by atoms with E-state index < -0.39 is 6.04 Å². The van der Waals surface area contributed by atoms with E-state index in [0.29, 0.717) is 16.7 Å². The van der Waals surface area contributed by atoms with Crippen LogP contribution in [0.2, 0.25) is 10.0 Å². The Kier molecular flexibility index (Phi) is 8.34. The first-order valence-corrected chi connectivity index (χ1v) is 12.5. The van der Waals surface area contributed by atoms with E-state index >= 15 is 0 Å². The molecule has 1 heterocycles. The summed E-state index contributed by atoms with van der Waals surface area (Å²) in [6, 6.07) is 20.4. The Labute approximate surface area is 221 Å². The largest absolute Gasteiger partial charge is 0.493 e. The van der Waals surface area contributed by atoms with Crippen molar-refractivity contribution in [2.45, 2.75) is 39.7 Å². The monoisotopic (exact) mass is 522 g/mol. The summed E-state index contributed by atoms with van der Waals surface area (Å²) < 4.78 is 11.1. The zero-order valence-corrected chi connectivity index (χ0v) is 22.0. The number of nitrogens with zero attached hydrogens (tertiary/aromatic N) is 1. The molecule has 1 unspecified atom stereocenters. The summed E-state index contributed by atoms with van der Waals surface area (Å²) in [4.78, 5) is 13.0. The number of carbonyl (C=O) groups is 1. The zero-order chi connectivity index (χ0) is 25.7. The van der Waals surface area contributed by atoms with Crippen molar-refractivity contribution in [1.82, 2.24) is 10.5 Å². The maximum atomic E-state index is 13.0. The van der Waals surface area contributed by atoms with Gasteiger partial charge in [-0.25, -0.2) is 0 Å². The molecule has 1 N–H and O–H groups in total. The molecule has 0 saturated carbocycles. The molecule has 4 rings (SSSR count). The fourth-order valence-corrected chi connectivity index (χ4v) is 4.56. The normalized spacial score (nSPS) is 11.8. The highest BCUT2D eigenvalue weighted by molar-refractivity contribution is 6.31. The fraction of sp³-hybridized carbons (Fsp3) is 0.241. The lowest BCUT2D eigenvalue weighted by molar-refractivity contribution is -0.120. The third-order valence-electron chi connectivity index (χ3n) is 6.07. The maximum Gasteiger partial charge on any atom is 0.225 e. The predicted molar refractivity (Wildman–Crippen MR) is 143 cm³/mol. The number of aromatic nitrogens is 1. The van der Waals surface area contributed by atoms with E-state index in [1.165, 1.54) is 0 Å². The zero-order valence-electron chi connectivity index (χ0n) is 20.5. The molecule has 1 amide bonds. The van der Waals surface area contributed by atoms with Crippen LogP contribution in [-0.4, -0.2) is 17.7 Å². The van der Waals surface area contributed by atoms with Crippen molar-refractivity contribution in [3.63, 3.8) is 0 Å². The molecule has 0 saturated heterocycles. The minimum absolute atomic E-state index is 0.112. The molecular formula is C29H28Cl2N2O3. The van der Waals surface area contributed by atoms with Gasteiger partial charge in [-0.3, -0.25) is 4.79 Å². The van der Waals surface area contributed by atoms with Crippen LogP contribution in [0.25, 0.3) is 0 Å². The molecule has 36 heavy (non-hydrogen) atoms. The molecule has 186 valence electrons. The number of amides is 1. The van der Waals surface area contributed by atoms with Gasteiger partial charge in [0.05, 0.1) is 24.8 Å². The first-order valence-electron chi connectivity index (χ1n) is 11.7. The molecular weight excluding hydrogens is 495 g/mol. The van der Waals surface area contributed by atoms with Gasteiger partial charge in [0.2, 0.25) is 5.91 Å². The topological polar surface area (TPSA) is 64.4 Å². The number of halogens is 2. The van der Waals surface area contributed by atoms with Crippen molar-refractivity contribution < 1.29 is 14.1 Å². The van der Waals surface area contributed by atoms with Crippen LogP contribution in [0.3, 0.4) is 0 Å². The minimum atomic E-state index is -0.394. The first kappa shape index (κ1) is 25.8. The van der Waals surface area contributed by atoms with Gasteiger partial charge < -0.3 is 14.6 Å². The van der Waals surface area contributed by atoms with Crippen molar-refractivity contribution in [3.8, 4) is 5.75 Å². The summed E-state index contributed by atoms with van der Waals surface area (Å²) in [5.74, 6) is 1.45. The third kappa shape index (κ3) is 6.48. The Morgan fingerprint density at radius 1 is 1.00 bits per heavy atom. The van der Waals surface area contributed by atoms with Crippen LogP contribution in [-0.2, 0) is 17.6 Å². The second-order valence-corrected chi connectivity index (χ2v) is 9.64. The standard InChI is InChI=1S/C29H28Cl2N2O3/c1-18-4-13-26(27(31)16-18)29(22-7-9-23(30)10-8-22)32-28(34)17-21-5-11-24(12-6-21)35-15-14-25-19(2)33-36-20(25)3/h4-13,16,29H,14-15,17H2,1-3H3,(H,32,34). The lowest BCUT2D eigenvalue weighted by Crippen LogP contribution is -2.30. The molecule has 0 spiro atoms. The molecule has 4 aromatic rings. The van der Waals surface area contributed by atoms with Gasteiger partial charge >= 0.3 is 0 Å². The summed E-state index contributed by atoms with van der Waals surface area (Å²) in [6.07, 6.45) is 0.950. The predicted octanol–water partition coefficient (Wildman–Crippen LogP) is 6.98. The average molecular weight is 523 g/mol. The van der Waals surface area contributed by atoms with E-state index in [4.69, 9.17) is 32.5 Å². The summed E-state index contributed by atoms with van der Waals surface area (Å²) in [5.41, 5.74) is 5.64. The van der Waals surface area contributed by atoms with E-state index in [1.807, 2.05) is 87.5 Å². The molecule has 1 aromatic heterocycles. The van der Waals surface area contributed by atoms with Crippen LogP contribution >= 0.6 is 23.2 Å². The minimum Gasteiger partial charge on any atom is -0.493 e. The highest BCUT2D eigenvalue weighted by atomic mass is 35.5. The average Bonchev–Trinajstić information content (AvgIpc) is 3.17. The Morgan fingerprint density at radius 3 is 2.36 bits per heavy atom. The molecule has 1 atom stereocenters. The highest BCUT2D eigenvalue weighted by Crippen LogP contribution is 2.30. The number of hydrogen-bond acceptors (Lipinski definition) is 4. The molecule has 0 aliphatic carbocycles. The van der Waals surface area contributed by atoms with Gasteiger partial charge in [-0.15, -0.1) is 0 Å². The van der Waals surface area contributed by atoms with Crippen molar-refractivity contribution in [3.05, 3.63) is 116 Å². The van der Waals surface area contributed by atoms with Crippen LogP contribution in [0.4, 0.5) is 0 Å². The van der Waals surface area contributed by atoms with Crippen LogP contribution in [0.5, 0.6) is 5.75 Å². The molecule has 0 aliphatic heterocycles. The Morgan fingerprint density at radius 2 is 1.72 bits per heavy atom. The number of nitrogens with one attached hydrogen (secondary N) is 1. The lowest BCUT2D eigenvalue weighted by Gasteiger charge is -2.21.